The second-order valence-electron chi connectivity index (χ2n) is 8.57. The Kier molecular flexibility index (Phi) is 8.22. The van der Waals surface area contributed by atoms with Crippen LogP contribution in [0.1, 0.15) is 17.0 Å². The molecule has 8 nitrogen and oxygen atoms in total. The number of para-hydroxylation sites is 2. The third-order valence-electron chi connectivity index (χ3n) is 5.85. The highest BCUT2D eigenvalue weighted by molar-refractivity contribution is 7.80. The van der Waals surface area contributed by atoms with Crippen molar-refractivity contribution in [2.45, 2.75) is 20.8 Å². The monoisotopic (exact) mass is 523 g/mol. The van der Waals surface area contributed by atoms with Crippen molar-refractivity contribution in [1.82, 2.24) is 14.9 Å². The standard InChI is InChI=1S/C26H30ClN7OS/c1-17-9-10-20(27)16-22(17)33-11-13-34(14-12-33)25(31-24-28-18(2)15-19(3)29-24)32-26(36)30-21-7-5-6-8-23(21)35-4/h5-10,15-16H,11-14H2,1-4H3,(H2,28,29,30,31,32,36). The maximum atomic E-state index is 6.27. The second kappa shape index (κ2) is 11.5. The van der Waals surface area contributed by atoms with Crippen molar-refractivity contribution in [2.75, 3.05) is 48.8 Å². The SMILES string of the molecule is COc1ccccc1NC(=S)/N=C(\Nc1nc(C)cc(C)n1)N1CCN(c2cc(Cl)ccc2C)CC1. The minimum Gasteiger partial charge on any atom is -0.495 e. The van der Waals surface area contributed by atoms with Crippen molar-refractivity contribution >= 4 is 52.2 Å². The topological polar surface area (TPSA) is 77.9 Å². The van der Waals surface area contributed by atoms with Crippen LogP contribution in [0.3, 0.4) is 0 Å². The summed E-state index contributed by atoms with van der Waals surface area (Å²) in [5.74, 6) is 1.77. The van der Waals surface area contributed by atoms with E-state index in [4.69, 9.17) is 33.5 Å². The number of thiocarbonyl (C=S) groups is 1. The van der Waals surface area contributed by atoms with Gasteiger partial charge in [-0.05, 0) is 68.9 Å². The Morgan fingerprint density at radius 2 is 1.67 bits per heavy atom. The van der Waals surface area contributed by atoms with E-state index in [1.807, 2.05) is 56.3 Å². The Bertz CT molecular complexity index is 1250. The molecule has 0 atom stereocenters. The number of guanidine groups is 1. The molecule has 188 valence electrons. The van der Waals surface area contributed by atoms with Crippen molar-refractivity contribution in [2.24, 2.45) is 4.99 Å². The van der Waals surface area contributed by atoms with Crippen LogP contribution in [0.2, 0.25) is 5.02 Å². The average Bonchev–Trinajstić information content (AvgIpc) is 2.85. The van der Waals surface area contributed by atoms with Crippen molar-refractivity contribution in [3.63, 3.8) is 0 Å². The fraction of sp³-hybridized carbons (Fsp3) is 0.308. The Balaban J connectivity index is 1.56. The lowest BCUT2D eigenvalue weighted by Gasteiger charge is -2.38. The summed E-state index contributed by atoms with van der Waals surface area (Å²) in [7, 11) is 1.62. The summed E-state index contributed by atoms with van der Waals surface area (Å²) < 4.78 is 5.43. The molecule has 0 amide bonds. The molecule has 0 bridgehead atoms. The van der Waals surface area contributed by atoms with Crippen LogP contribution >= 0.6 is 23.8 Å². The Hall–Kier alpha value is -3.43. The molecule has 1 fully saturated rings. The van der Waals surface area contributed by atoms with Gasteiger partial charge in [0, 0.05) is 48.3 Å². The first-order valence-corrected chi connectivity index (χ1v) is 12.5. The highest BCUT2D eigenvalue weighted by atomic mass is 35.5. The minimum absolute atomic E-state index is 0.305. The predicted molar refractivity (Wildman–Crippen MR) is 152 cm³/mol. The number of benzene rings is 2. The maximum absolute atomic E-state index is 6.27. The summed E-state index contributed by atoms with van der Waals surface area (Å²) in [6.07, 6.45) is 0. The molecule has 1 saturated heterocycles. The fourth-order valence-corrected chi connectivity index (χ4v) is 4.49. The molecule has 3 aromatic rings. The van der Waals surface area contributed by atoms with Gasteiger partial charge in [0.05, 0.1) is 12.8 Å². The number of aliphatic imine (C=N–C) groups is 1. The number of piperazine rings is 1. The summed E-state index contributed by atoms with van der Waals surface area (Å²) in [6.45, 7) is 9.07. The lowest BCUT2D eigenvalue weighted by atomic mass is 10.1. The summed E-state index contributed by atoms with van der Waals surface area (Å²) >= 11 is 11.9. The van der Waals surface area contributed by atoms with Gasteiger partial charge in [0.15, 0.2) is 0 Å². The number of rotatable bonds is 4. The van der Waals surface area contributed by atoms with Gasteiger partial charge in [-0.2, -0.15) is 4.99 Å². The molecular weight excluding hydrogens is 494 g/mol. The number of nitrogens with one attached hydrogen (secondary N) is 2. The average molecular weight is 524 g/mol. The van der Waals surface area contributed by atoms with Crippen molar-refractivity contribution in [3.05, 3.63) is 70.5 Å². The molecule has 0 radical (unpaired) electrons. The first-order valence-electron chi connectivity index (χ1n) is 11.7. The number of hydrogen-bond donors (Lipinski definition) is 2. The van der Waals surface area contributed by atoms with Crippen LogP contribution in [0.15, 0.2) is 53.5 Å². The van der Waals surface area contributed by atoms with Crippen LogP contribution in [-0.4, -0.2) is 59.2 Å². The van der Waals surface area contributed by atoms with E-state index in [1.165, 1.54) is 5.56 Å². The van der Waals surface area contributed by atoms with Gasteiger partial charge in [0.1, 0.15) is 5.75 Å². The van der Waals surface area contributed by atoms with E-state index in [1.54, 1.807) is 7.11 Å². The smallest absolute Gasteiger partial charge is 0.229 e. The lowest BCUT2D eigenvalue weighted by molar-refractivity contribution is 0.385. The summed E-state index contributed by atoms with van der Waals surface area (Å²) in [4.78, 5) is 18.3. The maximum Gasteiger partial charge on any atom is 0.229 e. The van der Waals surface area contributed by atoms with Crippen LogP contribution in [0.4, 0.5) is 17.3 Å². The van der Waals surface area contributed by atoms with Gasteiger partial charge in [-0.3, -0.25) is 5.32 Å². The van der Waals surface area contributed by atoms with Crippen LogP contribution in [0.5, 0.6) is 5.75 Å². The van der Waals surface area contributed by atoms with Gasteiger partial charge in [0.2, 0.25) is 17.0 Å². The van der Waals surface area contributed by atoms with Crippen LogP contribution < -0.4 is 20.3 Å². The Morgan fingerprint density at radius 3 is 2.36 bits per heavy atom. The van der Waals surface area contributed by atoms with Crippen LogP contribution in [-0.2, 0) is 0 Å². The molecule has 10 heteroatoms. The molecule has 0 spiro atoms. The van der Waals surface area contributed by atoms with E-state index in [-0.39, 0.29) is 0 Å². The molecule has 4 rings (SSSR count). The molecule has 0 aliphatic carbocycles. The number of aromatic nitrogens is 2. The van der Waals surface area contributed by atoms with Crippen LogP contribution in [0.25, 0.3) is 0 Å². The van der Waals surface area contributed by atoms with Crippen molar-refractivity contribution in [3.8, 4) is 5.75 Å². The number of methoxy groups -OCH3 is 1. The largest absolute Gasteiger partial charge is 0.495 e. The molecule has 0 unspecified atom stereocenters. The van der Waals surface area contributed by atoms with Gasteiger partial charge < -0.3 is 19.9 Å². The van der Waals surface area contributed by atoms with E-state index < -0.39 is 0 Å². The fourth-order valence-electron chi connectivity index (χ4n) is 4.13. The van der Waals surface area contributed by atoms with Gasteiger partial charge in [-0.25, -0.2) is 9.97 Å². The first kappa shape index (κ1) is 25.7. The molecular formula is C26H30ClN7OS. The zero-order valence-electron chi connectivity index (χ0n) is 20.9. The molecule has 36 heavy (non-hydrogen) atoms. The molecule has 1 aliphatic rings. The van der Waals surface area contributed by atoms with Gasteiger partial charge in [0.25, 0.3) is 0 Å². The molecule has 1 aromatic heterocycles. The Labute approximate surface area is 222 Å². The van der Waals surface area contributed by atoms with Crippen LogP contribution in [0, 0.1) is 20.8 Å². The molecule has 2 heterocycles. The number of ether oxygens (including phenoxy) is 1. The van der Waals surface area contributed by atoms with Gasteiger partial charge >= 0.3 is 0 Å². The van der Waals surface area contributed by atoms with E-state index in [0.29, 0.717) is 22.8 Å². The van der Waals surface area contributed by atoms with Crippen molar-refractivity contribution < 1.29 is 4.74 Å². The number of anilines is 3. The third-order valence-corrected chi connectivity index (χ3v) is 6.28. The zero-order chi connectivity index (χ0) is 25.7. The third kappa shape index (κ3) is 6.41. The van der Waals surface area contributed by atoms with Crippen molar-refractivity contribution in [1.29, 1.82) is 0 Å². The normalized spacial score (nSPS) is 14.0. The predicted octanol–water partition coefficient (Wildman–Crippen LogP) is 5.05. The quantitative estimate of drug-likeness (QED) is 0.279. The summed E-state index contributed by atoms with van der Waals surface area (Å²) in [5, 5.41) is 7.52. The number of halogens is 1. The molecule has 2 N–H and O–H groups in total. The first-order chi connectivity index (χ1) is 17.3. The van der Waals surface area contributed by atoms with E-state index in [9.17, 15) is 0 Å². The number of hydrogen-bond acceptors (Lipinski definition) is 5. The second-order valence-corrected chi connectivity index (χ2v) is 9.39. The molecule has 0 saturated carbocycles. The zero-order valence-corrected chi connectivity index (χ0v) is 22.5. The van der Waals surface area contributed by atoms with E-state index >= 15 is 0 Å². The number of aryl methyl sites for hydroxylation is 3. The van der Waals surface area contributed by atoms with E-state index in [0.717, 1.165) is 54.0 Å². The highest BCUT2D eigenvalue weighted by Crippen LogP contribution is 2.26. The number of nitrogens with zero attached hydrogens (tertiary/aromatic N) is 5. The van der Waals surface area contributed by atoms with E-state index in [2.05, 4.69) is 43.4 Å². The summed E-state index contributed by atoms with van der Waals surface area (Å²) in [5.41, 5.74) is 4.85. The summed E-state index contributed by atoms with van der Waals surface area (Å²) in [6, 6.07) is 15.5. The molecule has 1 aliphatic heterocycles. The Morgan fingerprint density at radius 1 is 0.972 bits per heavy atom. The lowest BCUT2D eigenvalue weighted by Crippen LogP contribution is -2.51. The highest BCUT2D eigenvalue weighted by Gasteiger charge is 2.23. The molecule has 2 aromatic carbocycles. The minimum atomic E-state index is 0.305. The van der Waals surface area contributed by atoms with Gasteiger partial charge in [-0.1, -0.05) is 29.8 Å². The van der Waals surface area contributed by atoms with Gasteiger partial charge in [-0.15, -0.1) is 0 Å².